The molecule has 0 aliphatic carbocycles. The van der Waals surface area contributed by atoms with Crippen LogP contribution in [0, 0.1) is 0 Å². The standard InChI is InChI=1S/C16H21NO2S/c1-4-18-14-6-7-16(19-5-2)15(10-14)17-12(3)13-8-9-20-11-13/h6-12,17H,4-5H2,1-3H3. The molecule has 20 heavy (non-hydrogen) atoms. The Morgan fingerprint density at radius 3 is 2.60 bits per heavy atom. The first-order chi connectivity index (χ1) is 9.74. The van der Waals surface area contributed by atoms with Crippen molar-refractivity contribution in [3.05, 3.63) is 40.6 Å². The maximum absolute atomic E-state index is 5.67. The van der Waals surface area contributed by atoms with Gasteiger partial charge in [0.1, 0.15) is 11.5 Å². The minimum atomic E-state index is 0.234. The first-order valence-electron chi connectivity index (χ1n) is 6.92. The van der Waals surface area contributed by atoms with E-state index >= 15 is 0 Å². The van der Waals surface area contributed by atoms with Crippen molar-refractivity contribution in [1.82, 2.24) is 0 Å². The van der Waals surface area contributed by atoms with Crippen LogP contribution < -0.4 is 14.8 Å². The molecule has 1 aromatic heterocycles. The fourth-order valence-electron chi connectivity index (χ4n) is 2.00. The lowest BCUT2D eigenvalue weighted by Gasteiger charge is -2.18. The number of nitrogens with one attached hydrogen (secondary N) is 1. The molecular weight excluding hydrogens is 270 g/mol. The van der Waals surface area contributed by atoms with Gasteiger partial charge in [0.05, 0.1) is 18.9 Å². The van der Waals surface area contributed by atoms with Gasteiger partial charge in [-0.1, -0.05) is 0 Å². The van der Waals surface area contributed by atoms with Crippen molar-refractivity contribution >= 4 is 17.0 Å². The highest BCUT2D eigenvalue weighted by atomic mass is 32.1. The Bertz CT molecular complexity index is 525. The third kappa shape index (κ3) is 3.67. The predicted molar refractivity (Wildman–Crippen MR) is 85.1 cm³/mol. The van der Waals surface area contributed by atoms with Crippen LogP contribution in [-0.2, 0) is 0 Å². The van der Waals surface area contributed by atoms with Gasteiger partial charge in [-0.25, -0.2) is 0 Å². The third-order valence-corrected chi connectivity index (χ3v) is 3.68. The number of benzene rings is 1. The van der Waals surface area contributed by atoms with Gasteiger partial charge < -0.3 is 14.8 Å². The molecule has 3 nitrogen and oxygen atoms in total. The van der Waals surface area contributed by atoms with Gasteiger partial charge in [0.2, 0.25) is 0 Å². The fraction of sp³-hybridized carbons (Fsp3) is 0.375. The quantitative estimate of drug-likeness (QED) is 0.800. The van der Waals surface area contributed by atoms with Gasteiger partial charge >= 0.3 is 0 Å². The summed E-state index contributed by atoms with van der Waals surface area (Å²) in [6, 6.07) is 8.26. The van der Waals surface area contributed by atoms with E-state index in [0.29, 0.717) is 13.2 Å². The average Bonchev–Trinajstić information content (AvgIpc) is 2.96. The van der Waals surface area contributed by atoms with Crippen LogP contribution in [0.5, 0.6) is 11.5 Å². The van der Waals surface area contributed by atoms with E-state index in [0.717, 1.165) is 17.2 Å². The van der Waals surface area contributed by atoms with E-state index in [4.69, 9.17) is 9.47 Å². The zero-order valence-corrected chi connectivity index (χ0v) is 13.0. The van der Waals surface area contributed by atoms with E-state index in [1.54, 1.807) is 11.3 Å². The molecule has 0 spiro atoms. The van der Waals surface area contributed by atoms with Gasteiger partial charge in [0, 0.05) is 12.1 Å². The Balaban J connectivity index is 2.20. The molecule has 2 aromatic rings. The smallest absolute Gasteiger partial charge is 0.142 e. The maximum Gasteiger partial charge on any atom is 0.142 e. The Kier molecular flexibility index (Phi) is 5.30. The maximum atomic E-state index is 5.67. The molecule has 1 aromatic carbocycles. The van der Waals surface area contributed by atoms with Crippen LogP contribution in [0.15, 0.2) is 35.0 Å². The van der Waals surface area contributed by atoms with Crippen molar-refractivity contribution < 1.29 is 9.47 Å². The molecule has 0 bridgehead atoms. The normalized spacial score (nSPS) is 11.9. The van der Waals surface area contributed by atoms with Crippen LogP contribution in [0.3, 0.4) is 0 Å². The highest BCUT2D eigenvalue weighted by molar-refractivity contribution is 7.07. The molecule has 0 aliphatic rings. The lowest BCUT2D eigenvalue weighted by molar-refractivity contribution is 0.331. The summed E-state index contributed by atoms with van der Waals surface area (Å²) in [4.78, 5) is 0. The van der Waals surface area contributed by atoms with Crippen molar-refractivity contribution in [2.75, 3.05) is 18.5 Å². The van der Waals surface area contributed by atoms with E-state index in [1.807, 2.05) is 32.0 Å². The summed E-state index contributed by atoms with van der Waals surface area (Å²) in [6.07, 6.45) is 0. The average molecular weight is 291 g/mol. The molecule has 0 radical (unpaired) electrons. The Labute approximate surface area is 124 Å². The monoisotopic (exact) mass is 291 g/mol. The van der Waals surface area contributed by atoms with Crippen LogP contribution in [-0.4, -0.2) is 13.2 Å². The lowest BCUT2D eigenvalue weighted by Crippen LogP contribution is -2.08. The number of rotatable bonds is 7. The molecule has 0 amide bonds. The van der Waals surface area contributed by atoms with E-state index < -0.39 is 0 Å². The summed E-state index contributed by atoms with van der Waals surface area (Å²) in [5.41, 5.74) is 2.25. The molecular formula is C16H21NO2S. The van der Waals surface area contributed by atoms with Crippen LogP contribution >= 0.6 is 11.3 Å². The summed E-state index contributed by atoms with van der Waals surface area (Å²) in [6.45, 7) is 7.42. The molecule has 0 fully saturated rings. The van der Waals surface area contributed by atoms with Crippen molar-refractivity contribution in [3.8, 4) is 11.5 Å². The van der Waals surface area contributed by atoms with Crippen molar-refractivity contribution in [1.29, 1.82) is 0 Å². The zero-order valence-electron chi connectivity index (χ0n) is 12.2. The molecule has 0 saturated carbocycles. The number of ether oxygens (including phenoxy) is 2. The molecule has 1 unspecified atom stereocenters. The second-order valence-electron chi connectivity index (χ2n) is 4.45. The molecule has 4 heteroatoms. The fourth-order valence-corrected chi connectivity index (χ4v) is 2.75. The molecule has 1 atom stereocenters. The second-order valence-corrected chi connectivity index (χ2v) is 5.23. The SMILES string of the molecule is CCOc1ccc(OCC)c(NC(C)c2ccsc2)c1. The molecule has 108 valence electrons. The van der Waals surface area contributed by atoms with Crippen LogP contribution in [0.4, 0.5) is 5.69 Å². The topological polar surface area (TPSA) is 30.5 Å². The van der Waals surface area contributed by atoms with Crippen LogP contribution in [0.1, 0.15) is 32.4 Å². The largest absolute Gasteiger partial charge is 0.494 e. The minimum absolute atomic E-state index is 0.234. The Morgan fingerprint density at radius 1 is 1.15 bits per heavy atom. The van der Waals surface area contributed by atoms with Gasteiger partial charge in [-0.05, 0) is 55.3 Å². The van der Waals surface area contributed by atoms with E-state index in [2.05, 4.69) is 29.1 Å². The molecule has 2 rings (SSSR count). The summed E-state index contributed by atoms with van der Waals surface area (Å²) >= 11 is 1.71. The first kappa shape index (κ1) is 14.7. The van der Waals surface area contributed by atoms with Gasteiger partial charge in [-0.15, -0.1) is 0 Å². The molecule has 1 N–H and O–H groups in total. The third-order valence-electron chi connectivity index (χ3n) is 2.98. The molecule has 0 aliphatic heterocycles. The minimum Gasteiger partial charge on any atom is -0.494 e. The lowest BCUT2D eigenvalue weighted by atomic mass is 10.1. The van der Waals surface area contributed by atoms with Crippen LogP contribution in [0.2, 0.25) is 0 Å². The summed E-state index contributed by atoms with van der Waals surface area (Å²) in [5, 5.41) is 7.75. The number of anilines is 1. The van der Waals surface area contributed by atoms with Crippen molar-refractivity contribution in [3.63, 3.8) is 0 Å². The summed E-state index contributed by atoms with van der Waals surface area (Å²) in [5.74, 6) is 1.72. The van der Waals surface area contributed by atoms with E-state index in [-0.39, 0.29) is 6.04 Å². The molecule has 0 saturated heterocycles. The van der Waals surface area contributed by atoms with Crippen molar-refractivity contribution in [2.24, 2.45) is 0 Å². The Morgan fingerprint density at radius 2 is 1.95 bits per heavy atom. The number of hydrogen-bond acceptors (Lipinski definition) is 4. The highest BCUT2D eigenvalue weighted by Gasteiger charge is 2.11. The predicted octanol–water partition coefficient (Wildman–Crippen LogP) is 4.72. The number of hydrogen-bond donors (Lipinski definition) is 1. The first-order valence-corrected chi connectivity index (χ1v) is 7.87. The van der Waals surface area contributed by atoms with E-state index in [9.17, 15) is 0 Å². The summed E-state index contributed by atoms with van der Waals surface area (Å²) < 4.78 is 11.2. The van der Waals surface area contributed by atoms with Gasteiger partial charge in [-0.3, -0.25) is 0 Å². The summed E-state index contributed by atoms with van der Waals surface area (Å²) in [7, 11) is 0. The van der Waals surface area contributed by atoms with Crippen molar-refractivity contribution in [2.45, 2.75) is 26.8 Å². The highest BCUT2D eigenvalue weighted by Crippen LogP contribution is 2.32. The van der Waals surface area contributed by atoms with Gasteiger partial charge in [0.15, 0.2) is 0 Å². The molecule has 1 heterocycles. The van der Waals surface area contributed by atoms with E-state index in [1.165, 1.54) is 5.56 Å². The Hall–Kier alpha value is -1.68. The number of thiophene rings is 1. The second kappa shape index (κ2) is 7.20. The van der Waals surface area contributed by atoms with Crippen LogP contribution in [0.25, 0.3) is 0 Å². The van der Waals surface area contributed by atoms with Gasteiger partial charge in [-0.2, -0.15) is 11.3 Å². The van der Waals surface area contributed by atoms with Gasteiger partial charge in [0.25, 0.3) is 0 Å². The zero-order chi connectivity index (χ0) is 14.4.